The van der Waals surface area contributed by atoms with Crippen molar-refractivity contribution >= 4 is 0 Å². The third-order valence-corrected chi connectivity index (χ3v) is 1.71. The molecule has 0 saturated carbocycles. The summed E-state index contributed by atoms with van der Waals surface area (Å²) in [5.74, 6) is 0. The Morgan fingerprint density at radius 2 is 2.55 bits per heavy atom. The molecule has 0 aromatic carbocycles. The van der Waals surface area contributed by atoms with E-state index >= 15 is 0 Å². The second-order valence-corrected chi connectivity index (χ2v) is 2.67. The number of hydrogen-bond donors (Lipinski definition) is 0. The highest BCUT2D eigenvalue weighted by atomic mass is 16.6. The normalized spacial score (nSPS) is 22.0. The number of nitrogens with zero attached hydrogens (tertiary/aromatic N) is 4. The Hall–Kier alpha value is -0.970. The van der Waals surface area contributed by atoms with E-state index in [2.05, 4.69) is 15.5 Å². The molecule has 11 heavy (non-hydrogen) atoms. The highest BCUT2D eigenvalue weighted by molar-refractivity contribution is 4.68. The highest BCUT2D eigenvalue weighted by Gasteiger charge is 2.21. The summed E-state index contributed by atoms with van der Waals surface area (Å²) in [5.41, 5.74) is 0. The molecule has 1 aliphatic rings. The lowest BCUT2D eigenvalue weighted by Crippen LogP contribution is -2.00. The van der Waals surface area contributed by atoms with Gasteiger partial charge in [0.1, 0.15) is 6.33 Å². The molecule has 0 bridgehead atoms. The lowest BCUT2D eigenvalue weighted by atomic mass is 10.2. The van der Waals surface area contributed by atoms with Crippen molar-refractivity contribution in [3.8, 4) is 0 Å². The van der Waals surface area contributed by atoms with Gasteiger partial charge < -0.3 is 4.74 Å². The van der Waals surface area contributed by atoms with Gasteiger partial charge in [0.25, 0.3) is 0 Å². The van der Waals surface area contributed by atoms with Gasteiger partial charge in [0, 0.05) is 6.54 Å². The first-order chi connectivity index (χ1) is 5.45. The smallest absolute Gasteiger partial charge is 0.138 e. The monoisotopic (exact) mass is 154 g/mol. The number of hydrogen-bond acceptors (Lipinski definition) is 4. The lowest BCUT2D eigenvalue weighted by molar-refractivity contribution is 0.382. The minimum absolute atomic E-state index is 0.520. The number of aryl methyl sites for hydroxylation is 1. The zero-order chi connectivity index (χ0) is 7.52. The van der Waals surface area contributed by atoms with Gasteiger partial charge in [0.2, 0.25) is 0 Å². The van der Waals surface area contributed by atoms with Gasteiger partial charge in [-0.2, -0.15) is 0 Å². The minimum atomic E-state index is 0.520. The van der Waals surface area contributed by atoms with E-state index in [1.54, 1.807) is 11.0 Å². The molecule has 1 fully saturated rings. The van der Waals surface area contributed by atoms with Gasteiger partial charge in [-0.1, -0.05) is 0 Å². The summed E-state index contributed by atoms with van der Waals surface area (Å²) in [6, 6.07) is 0. The molecule has 0 radical (unpaired) electrons. The van der Waals surface area contributed by atoms with E-state index in [0.717, 1.165) is 26.0 Å². The second kappa shape index (κ2) is 2.96. The zero-order valence-electron chi connectivity index (χ0n) is 6.18. The van der Waals surface area contributed by atoms with Crippen LogP contribution >= 0.6 is 0 Å². The van der Waals surface area contributed by atoms with E-state index in [-0.39, 0.29) is 0 Å². The van der Waals surface area contributed by atoms with E-state index < -0.39 is 0 Å². The van der Waals surface area contributed by atoms with Crippen LogP contribution in [0.15, 0.2) is 6.33 Å². The minimum Gasteiger partial charge on any atom is -0.373 e. The van der Waals surface area contributed by atoms with Gasteiger partial charge in [-0.25, -0.2) is 4.68 Å². The first kappa shape index (κ1) is 6.72. The fraction of sp³-hybridized carbons (Fsp3) is 0.833. The summed E-state index contributed by atoms with van der Waals surface area (Å²) in [5, 5.41) is 10.8. The fourth-order valence-corrected chi connectivity index (χ4v) is 0.998. The molecule has 1 unspecified atom stereocenters. The highest BCUT2D eigenvalue weighted by Crippen LogP contribution is 2.15. The van der Waals surface area contributed by atoms with Crippen LogP contribution in [0.1, 0.15) is 12.8 Å². The number of tetrazole rings is 1. The van der Waals surface area contributed by atoms with E-state index in [4.69, 9.17) is 4.74 Å². The Balaban J connectivity index is 1.66. The molecule has 1 saturated heterocycles. The van der Waals surface area contributed by atoms with Crippen LogP contribution in [-0.2, 0) is 11.3 Å². The van der Waals surface area contributed by atoms with Crippen LogP contribution in [0, 0.1) is 0 Å². The van der Waals surface area contributed by atoms with Gasteiger partial charge in [-0.3, -0.25) is 0 Å². The van der Waals surface area contributed by atoms with Crippen molar-refractivity contribution in [2.24, 2.45) is 0 Å². The van der Waals surface area contributed by atoms with Crippen LogP contribution in [0.25, 0.3) is 0 Å². The molecule has 0 aliphatic carbocycles. The van der Waals surface area contributed by atoms with Crippen LogP contribution in [-0.4, -0.2) is 32.9 Å². The van der Waals surface area contributed by atoms with Crippen LogP contribution in [0.2, 0.25) is 0 Å². The zero-order valence-corrected chi connectivity index (χ0v) is 6.18. The summed E-state index contributed by atoms with van der Waals surface area (Å²) in [6.07, 6.45) is 4.37. The third-order valence-electron chi connectivity index (χ3n) is 1.71. The standard InChI is InChI=1S/C6H10N4O/c1(2-6-4-11-6)3-10-5-7-8-9-10/h5-6H,1-4H2. The maximum Gasteiger partial charge on any atom is 0.138 e. The summed E-state index contributed by atoms with van der Waals surface area (Å²) in [7, 11) is 0. The SMILES string of the molecule is c1nnnn1CCCC1CO1. The van der Waals surface area contributed by atoms with Crippen molar-refractivity contribution < 1.29 is 4.74 Å². The first-order valence-corrected chi connectivity index (χ1v) is 3.77. The number of epoxide rings is 1. The number of rotatable bonds is 4. The van der Waals surface area contributed by atoms with Gasteiger partial charge in [-0.05, 0) is 23.3 Å². The average Bonchev–Trinajstić information content (AvgIpc) is 2.66. The predicted octanol–water partition coefficient (Wildman–Crippen LogP) is -0.148. The Morgan fingerprint density at radius 1 is 1.64 bits per heavy atom. The predicted molar refractivity (Wildman–Crippen MR) is 36.8 cm³/mol. The lowest BCUT2D eigenvalue weighted by Gasteiger charge is -1.95. The molecule has 1 atom stereocenters. The van der Waals surface area contributed by atoms with E-state index in [9.17, 15) is 0 Å². The Labute approximate surface area is 64.3 Å². The van der Waals surface area contributed by atoms with Crippen LogP contribution < -0.4 is 0 Å². The van der Waals surface area contributed by atoms with E-state index in [1.807, 2.05) is 0 Å². The summed E-state index contributed by atoms with van der Waals surface area (Å²) in [6.45, 7) is 1.84. The molecule has 1 aromatic heterocycles. The molecule has 2 heterocycles. The molecule has 0 N–H and O–H groups in total. The van der Waals surface area contributed by atoms with Crippen molar-refractivity contribution in [2.45, 2.75) is 25.5 Å². The van der Waals surface area contributed by atoms with Crippen molar-refractivity contribution in [2.75, 3.05) is 6.61 Å². The van der Waals surface area contributed by atoms with Gasteiger partial charge in [0.05, 0.1) is 12.7 Å². The fourth-order valence-electron chi connectivity index (χ4n) is 0.998. The summed E-state index contributed by atoms with van der Waals surface area (Å²) < 4.78 is 6.81. The summed E-state index contributed by atoms with van der Waals surface area (Å²) in [4.78, 5) is 0. The largest absolute Gasteiger partial charge is 0.373 e. The maximum absolute atomic E-state index is 5.07. The molecule has 1 aromatic rings. The second-order valence-electron chi connectivity index (χ2n) is 2.67. The molecule has 5 nitrogen and oxygen atoms in total. The van der Waals surface area contributed by atoms with Crippen LogP contribution in [0.5, 0.6) is 0 Å². The Morgan fingerprint density at radius 3 is 3.18 bits per heavy atom. The Bertz CT molecular complexity index is 206. The average molecular weight is 154 g/mol. The molecule has 5 heteroatoms. The van der Waals surface area contributed by atoms with Gasteiger partial charge in [-0.15, -0.1) is 5.10 Å². The maximum atomic E-state index is 5.07. The summed E-state index contributed by atoms with van der Waals surface area (Å²) >= 11 is 0. The number of aromatic nitrogens is 4. The molecule has 0 amide bonds. The number of ether oxygens (including phenoxy) is 1. The molecular formula is C6H10N4O. The van der Waals surface area contributed by atoms with Crippen molar-refractivity contribution in [1.29, 1.82) is 0 Å². The molecular weight excluding hydrogens is 144 g/mol. The molecule has 1 aliphatic heterocycles. The van der Waals surface area contributed by atoms with Gasteiger partial charge in [0.15, 0.2) is 0 Å². The van der Waals surface area contributed by atoms with Crippen molar-refractivity contribution in [3.05, 3.63) is 6.33 Å². The third kappa shape index (κ3) is 1.98. The van der Waals surface area contributed by atoms with E-state index in [0.29, 0.717) is 6.10 Å². The van der Waals surface area contributed by atoms with Crippen molar-refractivity contribution in [1.82, 2.24) is 20.2 Å². The van der Waals surface area contributed by atoms with Gasteiger partial charge >= 0.3 is 0 Å². The van der Waals surface area contributed by atoms with Crippen LogP contribution in [0.3, 0.4) is 0 Å². The topological polar surface area (TPSA) is 56.1 Å². The molecule has 60 valence electrons. The van der Waals surface area contributed by atoms with Crippen LogP contribution in [0.4, 0.5) is 0 Å². The molecule has 0 spiro atoms. The Kier molecular flexibility index (Phi) is 1.81. The quantitative estimate of drug-likeness (QED) is 0.566. The first-order valence-electron chi connectivity index (χ1n) is 3.77. The van der Waals surface area contributed by atoms with E-state index in [1.165, 1.54) is 0 Å². The van der Waals surface area contributed by atoms with Crippen molar-refractivity contribution in [3.63, 3.8) is 0 Å². The molecule has 2 rings (SSSR count).